The van der Waals surface area contributed by atoms with Gasteiger partial charge >= 0.3 is 5.97 Å². The molecule has 0 saturated heterocycles. The van der Waals surface area contributed by atoms with Crippen molar-refractivity contribution < 1.29 is 14.3 Å². The van der Waals surface area contributed by atoms with Gasteiger partial charge in [-0.3, -0.25) is 0 Å². The highest BCUT2D eigenvalue weighted by Crippen LogP contribution is 2.31. The summed E-state index contributed by atoms with van der Waals surface area (Å²) in [6.45, 7) is 6.17. The molecule has 7 heteroatoms. The summed E-state index contributed by atoms with van der Waals surface area (Å²) in [5, 5.41) is 5.57. The van der Waals surface area contributed by atoms with Gasteiger partial charge in [0.25, 0.3) is 0 Å². The topological polar surface area (TPSA) is 66.2 Å². The van der Waals surface area contributed by atoms with Gasteiger partial charge in [-0.2, -0.15) is 5.10 Å². The summed E-state index contributed by atoms with van der Waals surface area (Å²) in [6.07, 6.45) is 0. The number of halogens is 1. The Kier molecular flexibility index (Phi) is 5.13. The maximum Gasteiger partial charge on any atom is 0.341 e. The van der Waals surface area contributed by atoms with Crippen molar-refractivity contribution in [1.29, 1.82) is 0 Å². The molecule has 136 valence electrons. The van der Waals surface area contributed by atoms with Crippen molar-refractivity contribution in [2.75, 3.05) is 13.7 Å². The number of hydrogen-bond donors (Lipinski definition) is 0. The molecule has 3 aromatic rings. The van der Waals surface area contributed by atoms with E-state index in [9.17, 15) is 4.79 Å². The Bertz CT molecular complexity index is 965. The van der Waals surface area contributed by atoms with Crippen LogP contribution < -0.4 is 4.74 Å². The summed E-state index contributed by atoms with van der Waals surface area (Å²) in [6, 6.07) is 7.75. The Morgan fingerprint density at radius 1 is 1.19 bits per heavy atom. The maximum absolute atomic E-state index is 12.2. The summed E-state index contributed by atoms with van der Waals surface area (Å²) in [7, 11) is 1.63. The molecule has 0 saturated carbocycles. The van der Waals surface area contributed by atoms with Crippen molar-refractivity contribution in [3.63, 3.8) is 0 Å². The van der Waals surface area contributed by atoms with Crippen LogP contribution in [0.4, 0.5) is 0 Å². The SMILES string of the molecule is CCOC(=O)c1c(C)nc2c(c(C)nn2Cc2ccc(OC)cc2)c1Cl. The number of nitrogens with zero attached hydrogens (tertiary/aromatic N) is 3. The molecule has 0 aliphatic carbocycles. The summed E-state index contributed by atoms with van der Waals surface area (Å²) in [4.78, 5) is 16.8. The average molecular weight is 374 g/mol. The molecular weight excluding hydrogens is 354 g/mol. The first kappa shape index (κ1) is 18.2. The fourth-order valence-corrected chi connectivity index (χ4v) is 3.33. The molecule has 26 heavy (non-hydrogen) atoms. The van der Waals surface area contributed by atoms with Crippen molar-refractivity contribution in [3.05, 3.63) is 51.8 Å². The molecule has 0 unspecified atom stereocenters. The van der Waals surface area contributed by atoms with Crippen LogP contribution in [-0.2, 0) is 11.3 Å². The zero-order valence-electron chi connectivity index (χ0n) is 15.2. The summed E-state index contributed by atoms with van der Waals surface area (Å²) >= 11 is 6.53. The first-order valence-corrected chi connectivity index (χ1v) is 8.67. The van der Waals surface area contributed by atoms with Gasteiger partial charge in [0.1, 0.15) is 11.3 Å². The molecule has 3 rings (SSSR count). The molecule has 0 N–H and O–H groups in total. The van der Waals surface area contributed by atoms with E-state index in [2.05, 4.69) is 10.1 Å². The van der Waals surface area contributed by atoms with Gasteiger partial charge in [-0.15, -0.1) is 0 Å². The number of benzene rings is 1. The number of esters is 1. The van der Waals surface area contributed by atoms with E-state index >= 15 is 0 Å². The van der Waals surface area contributed by atoms with Crippen LogP contribution in [0.15, 0.2) is 24.3 Å². The Morgan fingerprint density at radius 2 is 1.88 bits per heavy atom. The molecule has 0 atom stereocenters. The fourth-order valence-electron chi connectivity index (χ4n) is 2.89. The van der Waals surface area contributed by atoms with Crippen molar-refractivity contribution in [3.8, 4) is 5.75 Å². The van der Waals surface area contributed by atoms with Crippen LogP contribution in [0, 0.1) is 13.8 Å². The Balaban J connectivity index is 2.07. The van der Waals surface area contributed by atoms with Crippen LogP contribution in [0.5, 0.6) is 5.75 Å². The van der Waals surface area contributed by atoms with Crippen molar-refractivity contribution in [2.45, 2.75) is 27.3 Å². The van der Waals surface area contributed by atoms with Crippen molar-refractivity contribution >= 4 is 28.6 Å². The van der Waals surface area contributed by atoms with Crippen LogP contribution >= 0.6 is 11.6 Å². The minimum atomic E-state index is -0.466. The number of ether oxygens (including phenoxy) is 2. The minimum Gasteiger partial charge on any atom is -0.497 e. The third-order valence-corrected chi connectivity index (χ3v) is 4.52. The molecule has 0 spiro atoms. The van der Waals surface area contributed by atoms with Gasteiger partial charge in [0.2, 0.25) is 0 Å². The smallest absolute Gasteiger partial charge is 0.341 e. The predicted octanol–water partition coefficient (Wildman–Crippen LogP) is 3.94. The molecule has 6 nitrogen and oxygen atoms in total. The van der Waals surface area contributed by atoms with Crippen LogP contribution in [0.25, 0.3) is 11.0 Å². The third-order valence-electron chi connectivity index (χ3n) is 4.15. The summed E-state index contributed by atoms with van der Waals surface area (Å²) < 4.78 is 12.1. The minimum absolute atomic E-state index is 0.280. The van der Waals surface area contributed by atoms with E-state index in [1.165, 1.54) is 0 Å². The quantitative estimate of drug-likeness (QED) is 0.634. The van der Waals surface area contributed by atoms with E-state index < -0.39 is 5.97 Å². The second kappa shape index (κ2) is 7.33. The normalized spacial score (nSPS) is 11.0. The molecule has 0 bridgehead atoms. The zero-order chi connectivity index (χ0) is 18.8. The predicted molar refractivity (Wildman–Crippen MR) is 100 cm³/mol. The highest BCUT2D eigenvalue weighted by atomic mass is 35.5. The second-order valence-electron chi connectivity index (χ2n) is 5.90. The van der Waals surface area contributed by atoms with Gasteiger partial charge in [-0.25, -0.2) is 14.5 Å². The summed E-state index contributed by atoms with van der Waals surface area (Å²) in [5.74, 6) is 0.332. The molecule has 0 aliphatic rings. The lowest BCUT2D eigenvalue weighted by Gasteiger charge is -2.09. The van der Waals surface area contributed by atoms with Gasteiger partial charge in [0.15, 0.2) is 5.65 Å². The number of carbonyl (C=O) groups excluding carboxylic acids is 1. The number of hydrogen-bond acceptors (Lipinski definition) is 5. The Morgan fingerprint density at radius 3 is 2.50 bits per heavy atom. The molecule has 1 aromatic carbocycles. The number of methoxy groups -OCH3 is 1. The molecule has 0 fully saturated rings. The number of rotatable bonds is 5. The molecule has 0 aliphatic heterocycles. The van der Waals surface area contributed by atoms with E-state index in [0.29, 0.717) is 33.9 Å². The first-order chi connectivity index (χ1) is 12.5. The van der Waals surface area contributed by atoms with Gasteiger partial charge in [-0.1, -0.05) is 23.7 Å². The highest BCUT2D eigenvalue weighted by molar-refractivity contribution is 6.38. The van der Waals surface area contributed by atoms with Gasteiger partial charge in [-0.05, 0) is 38.5 Å². The number of pyridine rings is 1. The second-order valence-corrected chi connectivity index (χ2v) is 6.27. The molecule has 2 heterocycles. The van der Waals surface area contributed by atoms with Crippen molar-refractivity contribution in [1.82, 2.24) is 14.8 Å². The molecule has 0 amide bonds. The monoisotopic (exact) mass is 373 g/mol. The van der Waals surface area contributed by atoms with E-state index in [1.54, 1.807) is 25.6 Å². The number of fused-ring (bicyclic) bond motifs is 1. The standard InChI is InChI=1S/C19H20ClN3O3/c1-5-26-19(24)16-11(2)21-18-15(17(16)20)12(3)22-23(18)10-13-6-8-14(25-4)9-7-13/h6-9H,5,10H2,1-4H3. The third kappa shape index (κ3) is 3.24. The largest absolute Gasteiger partial charge is 0.497 e. The molecular formula is C19H20ClN3O3. The lowest BCUT2D eigenvalue weighted by molar-refractivity contribution is 0.0525. The number of carbonyl (C=O) groups is 1. The fraction of sp³-hybridized carbons (Fsp3) is 0.316. The van der Waals surface area contributed by atoms with E-state index in [1.807, 2.05) is 31.2 Å². The highest BCUT2D eigenvalue weighted by Gasteiger charge is 2.23. The van der Waals surface area contributed by atoms with Crippen molar-refractivity contribution in [2.24, 2.45) is 0 Å². The van der Waals surface area contributed by atoms with E-state index in [-0.39, 0.29) is 6.61 Å². The van der Waals surface area contributed by atoms with Crippen LogP contribution in [0.3, 0.4) is 0 Å². The van der Waals surface area contributed by atoms with Crippen LogP contribution in [0.1, 0.15) is 34.2 Å². The average Bonchev–Trinajstić information content (AvgIpc) is 2.91. The summed E-state index contributed by atoms with van der Waals surface area (Å²) in [5.41, 5.74) is 3.25. The van der Waals surface area contributed by atoms with E-state index in [0.717, 1.165) is 17.0 Å². The first-order valence-electron chi connectivity index (χ1n) is 8.29. The van der Waals surface area contributed by atoms with Gasteiger partial charge in [0.05, 0.1) is 42.1 Å². The Labute approximate surface area is 156 Å². The number of aromatic nitrogens is 3. The lowest BCUT2D eigenvalue weighted by Crippen LogP contribution is -2.10. The molecule has 2 aromatic heterocycles. The van der Waals surface area contributed by atoms with Gasteiger partial charge < -0.3 is 9.47 Å². The van der Waals surface area contributed by atoms with Gasteiger partial charge in [0, 0.05) is 0 Å². The van der Waals surface area contributed by atoms with E-state index in [4.69, 9.17) is 21.1 Å². The lowest BCUT2D eigenvalue weighted by atomic mass is 10.1. The maximum atomic E-state index is 12.2. The number of aryl methyl sites for hydroxylation is 2. The van der Waals surface area contributed by atoms with Crippen LogP contribution in [0.2, 0.25) is 5.02 Å². The van der Waals surface area contributed by atoms with Crippen LogP contribution in [-0.4, -0.2) is 34.5 Å². The Hall–Kier alpha value is -2.60. The zero-order valence-corrected chi connectivity index (χ0v) is 15.9. The molecule has 0 radical (unpaired) electrons.